The second-order valence-corrected chi connectivity index (χ2v) is 2.75. The van der Waals surface area contributed by atoms with Gasteiger partial charge in [0.05, 0.1) is 0 Å². The van der Waals surface area contributed by atoms with Crippen molar-refractivity contribution in [2.24, 2.45) is 0 Å². The van der Waals surface area contributed by atoms with Crippen LogP contribution in [0.25, 0.3) is 0 Å². The highest BCUT2D eigenvalue weighted by atomic mass is 32.2. The van der Waals surface area contributed by atoms with Gasteiger partial charge in [0.15, 0.2) is 5.76 Å². The minimum absolute atomic E-state index is 0.478. The van der Waals surface area contributed by atoms with Gasteiger partial charge in [-0.3, -0.25) is 9.27 Å². The lowest BCUT2D eigenvalue weighted by Crippen LogP contribution is -2.03. The van der Waals surface area contributed by atoms with E-state index in [-0.39, 0.29) is 0 Å². The van der Waals surface area contributed by atoms with Gasteiger partial charge in [0, 0.05) is 0 Å². The second-order valence-electron chi connectivity index (χ2n) is 2.05. The lowest BCUT2D eigenvalue weighted by molar-refractivity contribution is 0.393. The lowest BCUT2D eigenvalue weighted by Gasteiger charge is -1.96. The smallest absolute Gasteiger partial charge is 0.259 e. The summed E-state index contributed by atoms with van der Waals surface area (Å²) in [6, 6.07) is 0. The van der Waals surface area contributed by atoms with Gasteiger partial charge in [-0.15, -0.1) is 0 Å². The molecule has 0 aliphatic rings. The zero-order valence-corrected chi connectivity index (χ0v) is 6.94. The third-order valence-electron chi connectivity index (χ3n) is 1.22. The number of hydrogen-bond donors (Lipinski definition) is 2. The molecular weight excluding hydrogens is 168 g/mol. The quantitative estimate of drug-likeness (QED) is 0.655. The number of aromatic nitrogens is 1. The van der Waals surface area contributed by atoms with Crippen LogP contribution in [-0.2, 0) is 11.3 Å². The van der Waals surface area contributed by atoms with Crippen molar-refractivity contribution in [2.75, 3.05) is 4.72 Å². The summed E-state index contributed by atoms with van der Waals surface area (Å²) in [5.74, 6) is 0.505. The molecule has 0 aromatic carbocycles. The maximum absolute atomic E-state index is 10.3. The van der Waals surface area contributed by atoms with Crippen LogP contribution in [0.15, 0.2) is 4.52 Å². The zero-order valence-electron chi connectivity index (χ0n) is 6.12. The van der Waals surface area contributed by atoms with Crippen LogP contribution < -0.4 is 4.72 Å². The van der Waals surface area contributed by atoms with E-state index >= 15 is 0 Å². The third-order valence-corrected chi connectivity index (χ3v) is 1.60. The molecule has 1 rings (SSSR count). The number of nitrogens with zero attached hydrogens (tertiary/aromatic N) is 1. The van der Waals surface area contributed by atoms with Crippen molar-refractivity contribution in [3.8, 4) is 0 Å². The highest BCUT2D eigenvalue weighted by Gasteiger charge is 2.09. The summed E-state index contributed by atoms with van der Waals surface area (Å²) in [6.45, 7) is 3.35. The van der Waals surface area contributed by atoms with Crippen LogP contribution in [0.2, 0.25) is 0 Å². The number of nitrogens with one attached hydrogen (secondary N) is 1. The van der Waals surface area contributed by atoms with Crippen molar-refractivity contribution in [1.29, 1.82) is 0 Å². The van der Waals surface area contributed by atoms with Crippen LogP contribution in [0, 0.1) is 13.8 Å². The first-order chi connectivity index (χ1) is 5.11. The van der Waals surface area contributed by atoms with Crippen molar-refractivity contribution in [1.82, 2.24) is 5.16 Å². The third kappa shape index (κ3) is 1.78. The molecule has 0 aliphatic carbocycles. The number of aryl methyl sites for hydroxylation is 2. The van der Waals surface area contributed by atoms with E-state index in [0.29, 0.717) is 17.1 Å². The molecule has 0 fully saturated rings. The van der Waals surface area contributed by atoms with E-state index in [0.717, 1.165) is 0 Å². The Hall–Kier alpha value is -0.880. The molecule has 1 heterocycles. The van der Waals surface area contributed by atoms with Crippen molar-refractivity contribution in [3.63, 3.8) is 0 Å². The van der Waals surface area contributed by atoms with Crippen LogP contribution in [0.1, 0.15) is 11.5 Å². The number of rotatable bonds is 2. The summed E-state index contributed by atoms with van der Waals surface area (Å²) in [4.78, 5) is 0. The molecule has 6 heteroatoms. The molecular formula is C5H8N2O3S. The summed E-state index contributed by atoms with van der Waals surface area (Å²) < 4.78 is 25.8. The Bertz CT molecular complexity index is 264. The van der Waals surface area contributed by atoms with Crippen molar-refractivity contribution < 1.29 is 13.3 Å². The molecule has 5 nitrogen and oxygen atoms in total. The first-order valence-corrected chi connectivity index (χ1v) is 4.02. The highest BCUT2D eigenvalue weighted by molar-refractivity contribution is 7.80. The van der Waals surface area contributed by atoms with E-state index < -0.39 is 11.3 Å². The summed E-state index contributed by atoms with van der Waals surface area (Å²) in [5, 5.41) is 3.59. The van der Waals surface area contributed by atoms with Crippen LogP contribution in [-0.4, -0.2) is 13.9 Å². The molecule has 0 saturated carbocycles. The predicted molar refractivity (Wildman–Crippen MR) is 40.4 cm³/mol. The SMILES string of the molecule is Cc1noc(C)c1NS(=O)O. The van der Waals surface area contributed by atoms with Gasteiger partial charge in [-0.05, 0) is 13.8 Å². The van der Waals surface area contributed by atoms with Crippen LogP contribution in [0.3, 0.4) is 0 Å². The van der Waals surface area contributed by atoms with E-state index in [4.69, 9.17) is 9.08 Å². The molecule has 0 radical (unpaired) electrons. The van der Waals surface area contributed by atoms with E-state index in [1.165, 1.54) is 0 Å². The number of hydrogen-bond acceptors (Lipinski definition) is 3. The van der Waals surface area contributed by atoms with E-state index in [1.807, 2.05) is 0 Å². The molecule has 11 heavy (non-hydrogen) atoms. The maximum atomic E-state index is 10.3. The first kappa shape index (κ1) is 8.22. The lowest BCUT2D eigenvalue weighted by atomic mass is 10.3. The van der Waals surface area contributed by atoms with Gasteiger partial charge in [0.1, 0.15) is 11.4 Å². The molecule has 0 bridgehead atoms. The molecule has 0 saturated heterocycles. The van der Waals surface area contributed by atoms with Gasteiger partial charge in [-0.2, -0.15) is 0 Å². The fraction of sp³-hybridized carbons (Fsp3) is 0.400. The van der Waals surface area contributed by atoms with Gasteiger partial charge in [0.25, 0.3) is 11.3 Å². The van der Waals surface area contributed by atoms with Gasteiger partial charge in [-0.25, -0.2) is 4.21 Å². The molecule has 2 N–H and O–H groups in total. The largest absolute Gasteiger partial charge is 0.359 e. The Kier molecular flexibility index (Phi) is 2.25. The Morgan fingerprint density at radius 1 is 1.64 bits per heavy atom. The van der Waals surface area contributed by atoms with Gasteiger partial charge in [-0.1, -0.05) is 5.16 Å². The van der Waals surface area contributed by atoms with E-state index in [1.54, 1.807) is 13.8 Å². The molecule has 1 atom stereocenters. The minimum atomic E-state index is -2.07. The van der Waals surface area contributed by atoms with Crippen LogP contribution >= 0.6 is 0 Å². The molecule has 1 aromatic heterocycles. The summed E-state index contributed by atoms with van der Waals surface area (Å²) in [7, 11) is 0. The normalized spacial score (nSPS) is 13.0. The Morgan fingerprint density at radius 3 is 2.64 bits per heavy atom. The van der Waals surface area contributed by atoms with Gasteiger partial charge in [0.2, 0.25) is 0 Å². The van der Waals surface area contributed by atoms with E-state index in [2.05, 4.69) is 9.88 Å². The number of anilines is 1. The minimum Gasteiger partial charge on any atom is -0.359 e. The highest BCUT2D eigenvalue weighted by Crippen LogP contribution is 2.18. The zero-order chi connectivity index (χ0) is 8.43. The summed E-state index contributed by atoms with van der Waals surface area (Å²) in [5.41, 5.74) is 1.05. The summed E-state index contributed by atoms with van der Waals surface area (Å²) >= 11 is -2.07. The maximum Gasteiger partial charge on any atom is 0.259 e. The molecule has 0 amide bonds. The molecule has 0 spiro atoms. The van der Waals surface area contributed by atoms with E-state index in [9.17, 15) is 4.21 Å². The first-order valence-electron chi connectivity index (χ1n) is 2.91. The second kappa shape index (κ2) is 3.02. The van der Waals surface area contributed by atoms with Crippen molar-refractivity contribution in [3.05, 3.63) is 11.5 Å². The molecule has 1 unspecified atom stereocenters. The summed E-state index contributed by atoms with van der Waals surface area (Å²) in [6.07, 6.45) is 0. The standard InChI is InChI=1S/C5H8N2O3S/c1-3-5(7-11(8)9)4(2)10-6-3/h7H,1-2H3,(H,8,9). The molecule has 0 aliphatic heterocycles. The molecule has 1 aromatic rings. The van der Waals surface area contributed by atoms with Crippen LogP contribution in [0.4, 0.5) is 5.69 Å². The Labute approximate surface area is 66.2 Å². The Balaban J connectivity index is 2.92. The predicted octanol–water partition coefficient (Wildman–Crippen LogP) is 0.840. The topological polar surface area (TPSA) is 75.4 Å². The van der Waals surface area contributed by atoms with Gasteiger partial charge < -0.3 is 4.52 Å². The average Bonchev–Trinajstić information content (AvgIpc) is 2.18. The van der Waals surface area contributed by atoms with Crippen molar-refractivity contribution >= 4 is 17.0 Å². The average molecular weight is 176 g/mol. The van der Waals surface area contributed by atoms with Crippen molar-refractivity contribution in [2.45, 2.75) is 13.8 Å². The van der Waals surface area contributed by atoms with Crippen LogP contribution in [0.5, 0.6) is 0 Å². The van der Waals surface area contributed by atoms with Gasteiger partial charge >= 0.3 is 0 Å². The molecule has 62 valence electrons. The monoisotopic (exact) mass is 176 g/mol. The fourth-order valence-corrected chi connectivity index (χ4v) is 1.18. The fourth-order valence-electron chi connectivity index (χ4n) is 0.716. The Morgan fingerprint density at radius 2 is 2.27 bits per heavy atom.